The molecule has 3 aromatic carbocycles. The molecular weight excluding hydrogens is 396 g/mol. The molecule has 1 aliphatic rings. The van der Waals surface area contributed by atoms with Gasteiger partial charge in [-0.3, -0.25) is 0 Å². The van der Waals surface area contributed by atoms with Crippen LogP contribution >= 0.6 is 0 Å². The van der Waals surface area contributed by atoms with Crippen molar-refractivity contribution in [2.24, 2.45) is 0 Å². The Morgan fingerprint density at radius 3 is 1.97 bits per heavy atom. The van der Waals surface area contributed by atoms with Crippen molar-refractivity contribution in [2.45, 2.75) is 42.7 Å². The predicted octanol–water partition coefficient (Wildman–Crippen LogP) is 4.97. The number of hydrogen-bond acceptors (Lipinski definition) is 4. The van der Waals surface area contributed by atoms with Crippen molar-refractivity contribution in [3.63, 3.8) is 0 Å². The molecule has 0 spiro atoms. The standard InChI is InChI=1S/C25H26O4S/c26-30(27,24-14-8-3-9-15-24)19-23-18-22(17-16-20-10-4-1-5-11-20)28-25(29-23)21-12-6-2-7-13-21/h1-15,22-23,25H,16-19H2/t22-,23-,25-/m1/s1. The number of benzene rings is 3. The number of hydrogen-bond donors (Lipinski definition) is 0. The zero-order valence-electron chi connectivity index (χ0n) is 16.8. The first-order valence-corrected chi connectivity index (χ1v) is 11.9. The van der Waals surface area contributed by atoms with Crippen molar-refractivity contribution >= 4 is 9.84 Å². The van der Waals surface area contributed by atoms with Crippen LogP contribution in [0.5, 0.6) is 0 Å². The van der Waals surface area contributed by atoms with Gasteiger partial charge in [-0.25, -0.2) is 8.42 Å². The lowest BCUT2D eigenvalue weighted by Gasteiger charge is -2.36. The van der Waals surface area contributed by atoms with E-state index >= 15 is 0 Å². The fourth-order valence-electron chi connectivity index (χ4n) is 3.79. The quantitative estimate of drug-likeness (QED) is 0.540. The van der Waals surface area contributed by atoms with Gasteiger partial charge in [-0.05, 0) is 30.5 Å². The topological polar surface area (TPSA) is 52.6 Å². The van der Waals surface area contributed by atoms with Crippen molar-refractivity contribution in [1.82, 2.24) is 0 Å². The molecule has 30 heavy (non-hydrogen) atoms. The number of ether oxygens (including phenoxy) is 2. The van der Waals surface area contributed by atoms with Crippen LogP contribution in [-0.4, -0.2) is 26.4 Å². The maximum Gasteiger partial charge on any atom is 0.184 e. The van der Waals surface area contributed by atoms with Gasteiger partial charge in [0.2, 0.25) is 0 Å². The Hall–Kier alpha value is -2.47. The van der Waals surface area contributed by atoms with Gasteiger partial charge in [-0.2, -0.15) is 0 Å². The average molecular weight is 423 g/mol. The summed E-state index contributed by atoms with van der Waals surface area (Å²) in [7, 11) is -3.44. The van der Waals surface area contributed by atoms with E-state index in [4.69, 9.17) is 9.47 Å². The Morgan fingerprint density at radius 2 is 1.30 bits per heavy atom. The van der Waals surface area contributed by atoms with Crippen LogP contribution in [-0.2, 0) is 25.7 Å². The Kier molecular flexibility index (Phi) is 6.62. The molecule has 4 rings (SSSR count). The van der Waals surface area contributed by atoms with E-state index in [9.17, 15) is 8.42 Å². The van der Waals surface area contributed by atoms with Crippen molar-refractivity contribution in [1.29, 1.82) is 0 Å². The third kappa shape index (κ3) is 5.36. The van der Waals surface area contributed by atoms with Crippen LogP contribution < -0.4 is 0 Å². The van der Waals surface area contributed by atoms with Crippen LogP contribution in [0.4, 0.5) is 0 Å². The molecule has 0 N–H and O–H groups in total. The van der Waals surface area contributed by atoms with Gasteiger partial charge in [0.1, 0.15) is 0 Å². The minimum absolute atomic E-state index is 0.0501. The molecular formula is C25H26O4S. The van der Waals surface area contributed by atoms with Crippen molar-refractivity contribution in [3.8, 4) is 0 Å². The summed E-state index contributed by atoms with van der Waals surface area (Å²) in [5.41, 5.74) is 2.15. The lowest BCUT2D eigenvalue weighted by Crippen LogP contribution is -2.38. The van der Waals surface area contributed by atoms with E-state index in [1.54, 1.807) is 24.3 Å². The average Bonchev–Trinajstić information content (AvgIpc) is 2.79. The fraction of sp³-hybridized carbons (Fsp3) is 0.280. The molecule has 4 nitrogen and oxygen atoms in total. The van der Waals surface area contributed by atoms with E-state index in [0.717, 1.165) is 18.4 Å². The van der Waals surface area contributed by atoms with E-state index in [2.05, 4.69) is 12.1 Å². The van der Waals surface area contributed by atoms with Crippen LogP contribution in [0.1, 0.15) is 30.3 Å². The van der Waals surface area contributed by atoms with E-state index in [1.807, 2.05) is 54.6 Å². The van der Waals surface area contributed by atoms with E-state index in [0.29, 0.717) is 11.3 Å². The number of rotatable bonds is 7. The third-order valence-electron chi connectivity index (χ3n) is 5.34. The first kappa shape index (κ1) is 20.8. The van der Waals surface area contributed by atoms with Gasteiger partial charge < -0.3 is 9.47 Å². The van der Waals surface area contributed by atoms with Crippen LogP contribution in [0.25, 0.3) is 0 Å². The van der Waals surface area contributed by atoms with Gasteiger partial charge >= 0.3 is 0 Å². The summed E-state index contributed by atoms with van der Waals surface area (Å²) >= 11 is 0. The zero-order chi connectivity index (χ0) is 20.8. The molecule has 5 heteroatoms. The Bertz CT molecular complexity index is 1020. The molecule has 0 aliphatic carbocycles. The fourth-order valence-corrected chi connectivity index (χ4v) is 5.26. The van der Waals surface area contributed by atoms with E-state index < -0.39 is 22.2 Å². The Labute approximate surface area is 178 Å². The monoisotopic (exact) mass is 422 g/mol. The summed E-state index contributed by atoms with van der Waals surface area (Å²) in [6, 6.07) is 28.6. The minimum atomic E-state index is -3.44. The highest BCUT2D eigenvalue weighted by atomic mass is 32.2. The second-order valence-electron chi connectivity index (χ2n) is 7.61. The molecule has 0 aromatic heterocycles. The highest BCUT2D eigenvalue weighted by molar-refractivity contribution is 7.91. The SMILES string of the molecule is O=S(=O)(C[C@H]1C[C@@H](CCc2ccccc2)O[C@@H](c2ccccc2)O1)c1ccccc1. The normalized spacial score (nSPS) is 21.9. The molecule has 3 atom stereocenters. The molecule has 1 fully saturated rings. The van der Waals surface area contributed by atoms with Crippen molar-refractivity contribution < 1.29 is 17.9 Å². The molecule has 3 aromatic rings. The number of aryl methyl sites for hydroxylation is 1. The number of sulfone groups is 1. The van der Waals surface area contributed by atoms with E-state index in [1.165, 1.54) is 5.56 Å². The van der Waals surface area contributed by atoms with E-state index in [-0.39, 0.29) is 11.9 Å². The van der Waals surface area contributed by atoms with Crippen molar-refractivity contribution in [3.05, 3.63) is 102 Å². The summed E-state index contributed by atoms with van der Waals surface area (Å²) in [5, 5.41) is 0. The third-order valence-corrected chi connectivity index (χ3v) is 7.14. The molecule has 1 heterocycles. The minimum Gasteiger partial charge on any atom is -0.345 e. The summed E-state index contributed by atoms with van der Waals surface area (Å²) in [6.07, 6.45) is 1.21. The molecule has 156 valence electrons. The first-order valence-electron chi connectivity index (χ1n) is 10.3. The first-order chi connectivity index (χ1) is 14.6. The molecule has 0 bridgehead atoms. The van der Waals surface area contributed by atoms with Gasteiger partial charge in [-0.15, -0.1) is 0 Å². The Balaban J connectivity index is 1.50. The summed E-state index contributed by atoms with van der Waals surface area (Å²) in [5.74, 6) is -0.0501. The zero-order valence-corrected chi connectivity index (χ0v) is 17.6. The van der Waals surface area contributed by atoms with Gasteiger partial charge in [0.05, 0.1) is 22.9 Å². The lowest BCUT2D eigenvalue weighted by molar-refractivity contribution is -0.243. The molecule has 1 aliphatic heterocycles. The maximum absolute atomic E-state index is 12.9. The second kappa shape index (κ2) is 9.56. The molecule has 0 unspecified atom stereocenters. The molecule has 1 saturated heterocycles. The smallest absolute Gasteiger partial charge is 0.184 e. The van der Waals surface area contributed by atoms with Crippen molar-refractivity contribution in [2.75, 3.05) is 5.75 Å². The Morgan fingerprint density at radius 1 is 0.733 bits per heavy atom. The van der Waals surface area contributed by atoms with Crippen LogP contribution in [0.15, 0.2) is 95.9 Å². The predicted molar refractivity (Wildman–Crippen MR) is 117 cm³/mol. The highest BCUT2D eigenvalue weighted by Gasteiger charge is 2.34. The lowest BCUT2D eigenvalue weighted by atomic mass is 10.0. The van der Waals surface area contributed by atoms with Gasteiger partial charge in [0.25, 0.3) is 0 Å². The molecule has 0 radical (unpaired) electrons. The summed E-state index contributed by atoms with van der Waals surface area (Å²) < 4.78 is 38.2. The molecule has 0 amide bonds. The maximum atomic E-state index is 12.9. The largest absolute Gasteiger partial charge is 0.345 e. The van der Waals surface area contributed by atoms with Gasteiger partial charge in [0.15, 0.2) is 16.1 Å². The van der Waals surface area contributed by atoms with Gasteiger partial charge in [0, 0.05) is 12.0 Å². The van der Waals surface area contributed by atoms with Gasteiger partial charge in [-0.1, -0.05) is 78.9 Å². The summed E-state index contributed by atoms with van der Waals surface area (Å²) in [6.45, 7) is 0. The van der Waals surface area contributed by atoms with Crippen LogP contribution in [0, 0.1) is 0 Å². The molecule has 0 saturated carbocycles. The highest BCUT2D eigenvalue weighted by Crippen LogP contribution is 2.33. The van der Waals surface area contributed by atoms with Crippen LogP contribution in [0.2, 0.25) is 0 Å². The second-order valence-corrected chi connectivity index (χ2v) is 9.65. The van der Waals surface area contributed by atoms with Crippen LogP contribution in [0.3, 0.4) is 0 Å². The summed E-state index contributed by atoms with van der Waals surface area (Å²) in [4.78, 5) is 0.331.